The number of aliphatic hydroxyl groups is 1. The molecule has 0 spiro atoms. The standard InChI is InChI=1S/C15H16O4/c1-9(2)12(16)8-11-13(18-3)6-4-10-5-7-14(17)19-15(10)11/h4-7,12,16H,1,8H2,2-3H3/t12-/m0/s1. The molecular weight excluding hydrogens is 244 g/mol. The Hall–Kier alpha value is -2.07. The lowest BCUT2D eigenvalue weighted by Gasteiger charge is -2.14. The zero-order valence-electron chi connectivity index (χ0n) is 11.0. The van der Waals surface area contributed by atoms with Crippen LogP contribution in [0.5, 0.6) is 5.75 Å². The summed E-state index contributed by atoms with van der Waals surface area (Å²) in [7, 11) is 1.54. The zero-order valence-corrected chi connectivity index (χ0v) is 11.0. The smallest absolute Gasteiger partial charge is 0.336 e. The highest BCUT2D eigenvalue weighted by Crippen LogP contribution is 2.29. The summed E-state index contributed by atoms with van der Waals surface area (Å²) < 4.78 is 10.5. The molecule has 1 heterocycles. The van der Waals surface area contributed by atoms with E-state index in [-0.39, 0.29) is 0 Å². The van der Waals surface area contributed by atoms with Gasteiger partial charge in [0.25, 0.3) is 0 Å². The fraction of sp³-hybridized carbons (Fsp3) is 0.267. The summed E-state index contributed by atoms with van der Waals surface area (Å²) in [5, 5.41) is 10.7. The van der Waals surface area contributed by atoms with Crippen molar-refractivity contribution in [2.45, 2.75) is 19.4 Å². The van der Waals surface area contributed by atoms with Crippen molar-refractivity contribution in [1.82, 2.24) is 0 Å². The van der Waals surface area contributed by atoms with Crippen molar-refractivity contribution >= 4 is 11.0 Å². The number of benzene rings is 1. The van der Waals surface area contributed by atoms with Crippen molar-refractivity contribution in [2.75, 3.05) is 7.11 Å². The van der Waals surface area contributed by atoms with Crippen LogP contribution >= 0.6 is 0 Å². The minimum absolute atomic E-state index is 0.294. The molecule has 1 aromatic carbocycles. The highest BCUT2D eigenvalue weighted by molar-refractivity contribution is 5.82. The average molecular weight is 260 g/mol. The Morgan fingerprint density at radius 1 is 1.42 bits per heavy atom. The maximum Gasteiger partial charge on any atom is 0.336 e. The summed E-state index contributed by atoms with van der Waals surface area (Å²) in [6.07, 6.45) is -0.409. The third-order valence-electron chi connectivity index (χ3n) is 3.04. The lowest BCUT2D eigenvalue weighted by molar-refractivity contribution is 0.210. The molecule has 0 aliphatic heterocycles. The molecule has 2 rings (SSSR count). The van der Waals surface area contributed by atoms with Crippen LogP contribution in [0.1, 0.15) is 12.5 Å². The second-order valence-electron chi connectivity index (χ2n) is 4.49. The van der Waals surface area contributed by atoms with Crippen molar-refractivity contribution in [1.29, 1.82) is 0 Å². The van der Waals surface area contributed by atoms with E-state index in [1.54, 1.807) is 26.2 Å². The highest BCUT2D eigenvalue weighted by Gasteiger charge is 2.15. The van der Waals surface area contributed by atoms with Gasteiger partial charge in [-0.25, -0.2) is 4.79 Å². The van der Waals surface area contributed by atoms with Crippen LogP contribution in [0.2, 0.25) is 0 Å². The molecule has 4 nitrogen and oxygen atoms in total. The van der Waals surface area contributed by atoms with Gasteiger partial charge >= 0.3 is 5.63 Å². The Morgan fingerprint density at radius 3 is 2.74 bits per heavy atom. The quantitative estimate of drug-likeness (QED) is 0.676. The van der Waals surface area contributed by atoms with Gasteiger partial charge in [-0.1, -0.05) is 12.2 Å². The van der Waals surface area contributed by atoms with E-state index in [4.69, 9.17) is 9.15 Å². The molecule has 0 bridgehead atoms. The Bertz CT molecular complexity index is 669. The normalized spacial score (nSPS) is 12.4. The first-order valence-corrected chi connectivity index (χ1v) is 5.96. The van der Waals surface area contributed by atoms with Crippen LogP contribution in [0.15, 0.2) is 45.6 Å². The molecule has 0 aliphatic carbocycles. The number of hydrogen-bond donors (Lipinski definition) is 1. The van der Waals surface area contributed by atoms with Crippen LogP contribution in [0.3, 0.4) is 0 Å². The molecule has 0 radical (unpaired) electrons. The van der Waals surface area contributed by atoms with Gasteiger partial charge in [0, 0.05) is 23.4 Å². The molecule has 1 aromatic heterocycles. The third-order valence-corrected chi connectivity index (χ3v) is 3.04. The lowest BCUT2D eigenvalue weighted by atomic mass is 10.0. The van der Waals surface area contributed by atoms with Gasteiger partial charge in [0.2, 0.25) is 0 Å². The largest absolute Gasteiger partial charge is 0.496 e. The predicted octanol–water partition coefficient (Wildman–Crippen LogP) is 2.28. The first-order chi connectivity index (χ1) is 9.02. The van der Waals surface area contributed by atoms with Gasteiger partial charge in [-0.15, -0.1) is 0 Å². The molecule has 0 amide bonds. The van der Waals surface area contributed by atoms with Gasteiger partial charge in [0.15, 0.2) is 0 Å². The number of hydrogen-bond acceptors (Lipinski definition) is 4. The number of fused-ring (bicyclic) bond motifs is 1. The molecular formula is C15H16O4. The Morgan fingerprint density at radius 2 is 2.11 bits per heavy atom. The first kappa shape index (κ1) is 13.4. The molecule has 1 atom stereocenters. The second kappa shape index (κ2) is 5.28. The summed E-state index contributed by atoms with van der Waals surface area (Å²) in [4.78, 5) is 11.4. The monoisotopic (exact) mass is 260 g/mol. The minimum Gasteiger partial charge on any atom is -0.496 e. The molecule has 1 N–H and O–H groups in total. The van der Waals surface area contributed by atoms with E-state index in [0.717, 1.165) is 5.39 Å². The van der Waals surface area contributed by atoms with E-state index in [1.807, 2.05) is 6.07 Å². The zero-order chi connectivity index (χ0) is 14.0. The van der Waals surface area contributed by atoms with E-state index in [0.29, 0.717) is 28.9 Å². The van der Waals surface area contributed by atoms with Gasteiger partial charge in [-0.2, -0.15) is 0 Å². The van der Waals surface area contributed by atoms with Crippen molar-refractivity contribution in [2.24, 2.45) is 0 Å². The number of methoxy groups -OCH3 is 1. The molecule has 0 aliphatic rings. The van der Waals surface area contributed by atoms with Crippen LogP contribution in [0, 0.1) is 0 Å². The molecule has 100 valence electrons. The topological polar surface area (TPSA) is 59.7 Å². The van der Waals surface area contributed by atoms with Crippen LogP contribution in [0.4, 0.5) is 0 Å². The molecule has 4 heteroatoms. The second-order valence-corrected chi connectivity index (χ2v) is 4.49. The maximum absolute atomic E-state index is 11.4. The number of ether oxygens (including phenoxy) is 1. The SMILES string of the molecule is C=C(C)[C@@H](O)Cc1c(OC)ccc2ccc(=O)oc12. The van der Waals surface area contributed by atoms with E-state index in [2.05, 4.69) is 6.58 Å². The van der Waals surface area contributed by atoms with E-state index < -0.39 is 11.7 Å². The third kappa shape index (κ3) is 2.69. The fourth-order valence-electron chi connectivity index (χ4n) is 1.92. The van der Waals surface area contributed by atoms with Crippen LogP contribution in [0.25, 0.3) is 11.0 Å². The minimum atomic E-state index is -0.704. The van der Waals surface area contributed by atoms with Gasteiger partial charge in [0.05, 0.1) is 13.2 Å². The molecule has 2 aromatic rings. The van der Waals surface area contributed by atoms with Crippen molar-refractivity contribution in [3.8, 4) is 5.75 Å². The maximum atomic E-state index is 11.4. The molecule has 0 saturated heterocycles. The summed E-state index contributed by atoms with van der Waals surface area (Å²) in [5.74, 6) is 0.585. The molecule has 19 heavy (non-hydrogen) atoms. The van der Waals surface area contributed by atoms with Gasteiger partial charge < -0.3 is 14.3 Å². The summed E-state index contributed by atoms with van der Waals surface area (Å²) in [6.45, 7) is 5.47. The average Bonchev–Trinajstić information content (AvgIpc) is 2.39. The number of rotatable bonds is 4. The molecule has 0 saturated carbocycles. The number of aliphatic hydroxyl groups excluding tert-OH is 1. The Balaban J connectivity index is 2.63. The summed E-state index contributed by atoms with van der Waals surface area (Å²) >= 11 is 0. The van der Waals surface area contributed by atoms with Crippen LogP contribution in [-0.2, 0) is 6.42 Å². The van der Waals surface area contributed by atoms with Gasteiger partial charge in [-0.05, 0) is 25.1 Å². The highest BCUT2D eigenvalue weighted by atomic mass is 16.5. The van der Waals surface area contributed by atoms with E-state index in [1.165, 1.54) is 6.07 Å². The Kier molecular flexibility index (Phi) is 3.71. The van der Waals surface area contributed by atoms with E-state index in [9.17, 15) is 9.90 Å². The predicted molar refractivity (Wildman–Crippen MR) is 73.6 cm³/mol. The lowest BCUT2D eigenvalue weighted by Crippen LogP contribution is -2.12. The summed E-state index contributed by atoms with van der Waals surface area (Å²) in [6, 6.07) is 6.67. The fourth-order valence-corrected chi connectivity index (χ4v) is 1.92. The van der Waals surface area contributed by atoms with Gasteiger partial charge in [-0.3, -0.25) is 0 Å². The van der Waals surface area contributed by atoms with Crippen LogP contribution < -0.4 is 10.4 Å². The first-order valence-electron chi connectivity index (χ1n) is 5.96. The summed E-state index contributed by atoms with van der Waals surface area (Å²) in [5.41, 5.74) is 1.35. The van der Waals surface area contributed by atoms with E-state index >= 15 is 0 Å². The van der Waals surface area contributed by atoms with Crippen molar-refractivity contribution in [3.63, 3.8) is 0 Å². The molecule has 0 fully saturated rings. The van der Waals surface area contributed by atoms with Crippen LogP contribution in [-0.4, -0.2) is 18.3 Å². The van der Waals surface area contributed by atoms with Crippen molar-refractivity contribution < 1.29 is 14.3 Å². The van der Waals surface area contributed by atoms with Gasteiger partial charge in [0.1, 0.15) is 11.3 Å². The molecule has 0 unspecified atom stereocenters. The van der Waals surface area contributed by atoms with Crippen molar-refractivity contribution in [3.05, 3.63) is 52.4 Å². The Labute approximate surface area is 110 Å².